The Bertz CT molecular complexity index is 3200. The first-order chi connectivity index (χ1) is 37.0. The number of hydrogen-bond donors (Lipinski definition) is 3. The van der Waals surface area contributed by atoms with E-state index >= 15 is 0 Å². The fraction of sp³-hybridized carbons (Fsp3) is 0.400. The standard InChI is InChI=1S/C31H37N3O5.C29H33N3O5/c1-3-37-31(36)9-5-24-18-22(2)19-27-26(24)6-8-30(35)34(27)15-14-33-12-10-25(11-13-33)32-21-23-4-7-28-29(20-23)39-17-16-38-28;1-20-16-22(3-7-29(34)35)24-4-6-28(33)32(25(24)17-20)13-12-31-10-8-23(9-11-31)30-19-21-2-5-26-27(18-21)37-15-14-36-26/h4-9,18-20,25,32H,3,10-17,21H2,1-2H3;2-7,16-18,23,30H,8-15,19H2,1H3,(H,34,35)/b9-5+;7-3+. The second-order valence-electron chi connectivity index (χ2n) is 19.9. The van der Waals surface area contributed by atoms with Gasteiger partial charge in [0, 0.05) is 86.4 Å². The maximum atomic E-state index is 12.9. The van der Waals surface area contributed by atoms with Crippen LogP contribution >= 0.6 is 0 Å². The first-order valence-corrected chi connectivity index (χ1v) is 26.7. The van der Waals surface area contributed by atoms with Crippen LogP contribution in [-0.2, 0) is 40.5 Å². The number of fused-ring (bicyclic) bond motifs is 4. The number of carboxylic acid groups (broad SMARTS) is 1. The third-order valence-electron chi connectivity index (χ3n) is 14.5. The topological polar surface area (TPSA) is 175 Å². The monoisotopic (exact) mass is 1030 g/mol. The molecule has 16 heteroatoms. The molecule has 6 aromatic rings. The van der Waals surface area contributed by atoms with Crippen LogP contribution in [0.4, 0.5) is 0 Å². The van der Waals surface area contributed by atoms with Crippen molar-refractivity contribution in [2.75, 3.05) is 72.3 Å². The lowest BCUT2D eigenvalue weighted by Gasteiger charge is -2.32. The predicted octanol–water partition coefficient (Wildman–Crippen LogP) is 7.34. The smallest absolute Gasteiger partial charge is 0.330 e. The maximum absolute atomic E-state index is 12.9. The Balaban J connectivity index is 0.000000186. The first kappa shape index (κ1) is 53.6. The number of esters is 1. The molecule has 0 atom stereocenters. The molecule has 2 saturated heterocycles. The van der Waals surface area contributed by atoms with Gasteiger partial charge in [-0.05, 0) is 167 Å². The van der Waals surface area contributed by atoms with Gasteiger partial charge in [-0.2, -0.15) is 0 Å². The number of likely N-dealkylation sites (tertiary alicyclic amines) is 2. The van der Waals surface area contributed by atoms with Crippen molar-refractivity contribution in [3.8, 4) is 23.0 Å². The molecular formula is C60H70N6O10. The van der Waals surface area contributed by atoms with Gasteiger partial charge in [-0.3, -0.25) is 9.59 Å². The van der Waals surface area contributed by atoms with Crippen molar-refractivity contribution in [1.82, 2.24) is 29.6 Å². The predicted molar refractivity (Wildman–Crippen MR) is 296 cm³/mol. The number of rotatable bonds is 17. The third-order valence-corrected chi connectivity index (χ3v) is 14.5. The number of aliphatic carboxylic acids is 1. The number of benzene rings is 4. The molecule has 0 spiro atoms. The number of piperidine rings is 2. The highest BCUT2D eigenvalue weighted by atomic mass is 16.6. The second kappa shape index (κ2) is 25.5. The number of hydrogen-bond acceptors (Lipinski definition) is 13. The summed E-state index contributed by atoms with van der Waals surface area (Å²) in [6.45, 7) is 16.8. The minimum absolute atomic E-state index is 0.00981. The van der Waals surface area contributed by atoms with Crippen LogP contribution in [0.2, 0.25) is 0 Å². The van der Waals surface area contributed by atoms with E-state index in [4.69, 9.17) is 28.8 Å². The molecular weight excluding hydrogens is 965 g/mol. The number of nitrogens with zero attached hydrogens (tertiary/aromatic N) is 4. The fourth-order valence-corrected chi connectivity index (χ4v) is 10.5. The summed E-state index contributed by atoms with van der Waals surface area (Å²) in [5.41, 5.74) is 7.80. The zero-order valence-electron chi connectivity index (χ0n) is 43.9. The molecule has 2 aromatic heterocycles. The molecule has 16 nitrogen and oxygen atoms in total. The number of pyridine rings is 2. The van der Waals surface area contributed by atoms with E-state index in [1.54, 1.807) is 37.3 Å². The quantitative estimate of drug-likeness (QED) is 0.0611. The van der Waals surface area contributed by atoms with E-state index in [-0.39, 0.29) is 17.1 Å². The molecule has 4 aliphatic rings. The molecule has 0 saturated carbocycles. The van der Waals surface area contributed by atoms with Gasteiger partial charge in [0.25, 0.3) is 11.1 Å². The lowest BCUT2D eigenvalue weighted by molar-refractivity contribution is -0.137. The van der Waals surface area contributed by atoms with E-state index in [1.165, 1.54) is 17.2 Å². The lowest BCUT2D eigenvalue weighted by Crippen LogP contribution is -2.43. The molecule has 3 N–H and O–H groups in total. The molecule has 6 heterocycles. The highest BCUT2D eigenvalue weighted by Gasteiger charge is 2.22. The van der Waals surface area contributed by atoms with Crippen molar-refractivity contribution in [1.29, 1.82) is 0 Å². The molecule has 76 heavy (non-hydrogen) atoms. The van der Waals surface area contributed by atoms with Crippen LogP contribution in [0.15, 0.2) is 107 Å². The molecule has 2 fully saturated rings. The average Bonchev–Trinajstić information content (AvgIpc) is 3.45. The Morgan fingerprint density at radius 2 is 1.01 bits per heavy atom. The third kappa shape index (κ3) is 14.0. The molecule has 400 valence electrons. The van der Waals surface area contributed by atoms with Crippen LogP contribution in [0.3, 0.4) is 0 Å². The largest absolute Gasteiger partial charge is 0.486 e. The normalized spacial score (nSPS) is 16.3. The van der Waals surface area contributed by atoms with Crippen LogP contribution in [-0.4, -0.2) is 120 Å². The number of carbonyl (C=O) groups is 2. The molecule has 4 aromatic carbocycles. The van der Waals surface area contributed by atoms with E-state index in [1.807, 2.05) is 65.4 Å². The number of aromatic nitrogens is 2. The minimum Gasteiger partial charge on any atom is -0.486 e. The Morgan fingerprint density at radius 1 is 0.579 bits per heavy atom. The van der Waals surface area contributed by atoms with Crippen LogP contribution < -0.4 is 40.7 Å². The first-order valence-electron chi connectivity index (χ1n) is 26.7. The second-order valence-corrected chi connectivity index (χ2v) is 19.9. The van der Waals surface area contributed by atoms with Crippen LogP contribution in [0.5, 0.6) is 23.0 Å². The molecule has 0 radical (unpaired) electrons. The average molecular weight is 1040 g/mol. The molecule has 0 bridgehead atoms. The Kier molecular flexibility index (Phi) is 18.0. The van der Waals surface area contributed by atoms with Crippen molar-refractivity contribution in [3.63, 3.8) is 0 Å². The van der Waals surface area contributed by atoms with E-state index in [0.717, 1.165) is 151 Å². The molecule has 0 aliphatic carbocycles. The summed E-state index contributed by atoms with van der Waals surface area (Å²) in [5.74, 6) is 1.93. The number of ether oxygens (including phenoxy) is 5. The summed E-state index contributed by atoms with van der Waals surface area (Å²) in [4.78, 5) is 53.3. The molecule has 4 aliphatic heterocycles. The van der Waals surface area contributed by atoms with Gasteiger partial charge in [0.1, 0.15) is 26.4 Å². The van der Waals surface area contributed by atoms with E-state index < -0.39 is 5.97 Å². The van der Waals surface area contributed by atoms with Gasteiger partial charge < -0.3 is 58.4 Å². The van der Waals surface area contributed by atoms with Gasteiger partial charge >= 0.3 is 11.9 Å². The van der Waals surface area contributed by atoms with Crippen molar-refractivity contribution in [2.45, 2.75) is 84.7 Å². The summed E-state index contributed by atoms with van der Waals surface area (Å²) < 4.78 is 31.3. The number of nitrogens with one attached hydrogen (secondary N) is 2. The minimum atomic E-state index is -0.993. The van der Waals surface area contributed by atoms with Crippen molar-refractivity contribution < 1.29 is 38.4 Å². The van der Waals surface area contributed by atoms with Gasteiger partial charge in [-0.1, -0.05) is 24.3 Å². The van der Waals surface area contributed by atoms with Gasteiger partial charge in [0.2, 0.25) is 0 Å². The van der Waals surface area contributed by atoms with Gasteiger partial charge in [0.05, 0.1) is 17.6 Å². The van der Waals surface area contributed by atoms with Gasteiger partial charge in [-0.15, -0.1) is 0 Å². The molecule has 0 unspecified atom stereocenters. The highest BCUT2D eigenvalue weighted by Crippen LogP contribution is 2.32. The van der Waals surface area contributed by atoms with Gasteiger partial charge in [0.15, 0.2) is 23.0 Å². The Hall–Kier alpha value is -7.24. The Morgan fingerprint density at radius 3 is 1.45 bits per heavy atom. The summed E-state index contributed by atoms with van der Waals surface area (Å²) in [6.07, 6.45) is 10.2. The van der Waals surface area contributed by atoms with E-state index in [0.29, 0.717) is 58.2 Å². The van der Waals surface area contributed by atoms with Crippen molar-refractivity contribution in [2.24, 2.45) is 0 Å². The fourth-order valence-electron chi connectivity index (χ4n) is 10.5. The summed E-state index contributed by atoms with van der Waals surface area (Å²) in [7, 11) is 0. The van der Waals surface area contributed by atoms with Crippen LogP contribution in [0, 0.1) is 13.8 Å². The summed E-state index contributed by atoms with van der Waals surface area (Å²) in [6, 6.07) is 28.0. The van der Waals surface area contributed by atoms with E-state index in [2.05, 4.69) is 44.7 Å². The molecule has 10 rings (SSSR count). The number of carboxylic acids is 1. The SMILES string of the molecule is CCOC(=O)/C=C/c1cc(C)cc2c1ccc(=O)n2CCN1CCC(NCc2ccc3c(c2)OCCO3)CC1.Cc1cc(/C=C/C(=O)O)c2ccc(=O)n(CCN3CCC(NCc4ccc5c(c4)OCCO5)CC3)c2c1. The van der Waals surface area contributed by atoms with Gasteiger partial charge in [-0.25, -0.2) is 9.59 Å². The zero-order chi connectivity index (χ0) is 53.0. The summed E-state index contributed by atoms with van der Waals surface area (Å²) in [5, 5.41) is 18.2. The maximum Gasteiger partial charge on any atom is 0.330 e. The molecule has 0 amide bonds. The van der Waals surface area contributed by atoms with Crippen molar-refractivity contribution >= 4 is 45.9 Å². The number of aryl methyl sites for hydroxylation is 2. The van der Waals surface area contributed by atoms with Crippen molar-refractivity contribution in [3.05, 3.63) is 151 Å². The van der Waals surface area contributed by atoms with Crippen LogP contribution in [0.25, 0.3) is 34.0 Å². The lowest BCUT2D eigenvalue weighted by atomic mass is 10.0. The number of carbonyl (C=O) groups excluding carboxylic acids is 1. The van der Waals surface area contributed by atoms with E-state index in [9.17, 15) is 19.2 Å². The zero-order valence-corrected chi connectivity index (χ0v) is 43.9. The van der Waals surface area contributed by atoms with Crippen LogP contribution in [0.1, 0.15) is 66.0 Å². The summed E-state index contributed by atoms with van der Waals surface area (Å²) >= 11 is 0. The Labute approximate surface area is 443 Å². The highest BCUT2D eigenvalue weighted by molar-refractivity contribution is 5.95.